The second-order valence-electron chi connectivity index (χ2n) is 7.00. The lowest BCUT2D eigenvalue weighted by Crippen LogP contribution is -2.16. The van der Waals surface area contributed by atoms with E-state index < -0.39 is 0 Å². The normalized spacial score (nSPS) is 11.0. The third kappa shape index (κ3) is 3.76. The van der Waals surface area contributed by atoms with Crippen LogP contribution in [0.5, 0.6) is 0 Å². The zero-order valence-electron chi connectivity index (χ0n) is 16.7. The Labute approximate surface area is 181 Å². The molecule has 3 aromatic heterocycles. The number of fused-ring (bicyclic) bond motifs is 1. The van der Waals surface area contributed by atoms with Crippen LogP contribution >= 0.6 is 11.5 Å². The summed E-state index contributed by atoms with van der Waals surface area (Å²) in [5.74, 6) is 0.361. The van der Waals surface area contributed by atoms with Crippen LogP contribution in [0.1, 0.15) is 16.2 Å². The fourth-order valence-electron chi connectivity index (χ4n) is 3.26. The van der Waals surface area contributed by atoms with Gasteiger partial charge in [-0.1, -0.05) is 12.1 Å². The van der Waals surface area contributed by atoms with Gasteiger partial charge in [0.05, 0.1) is 5.52 Å². The maximum atomic E-state index is 12.4. The van der Waals surface area contributed by atoms with Gasteiger partial charge in [0.25, 0.3) is 5.91 Å². The molecule has 0 spiro atoms. The van der Waals surface area contributed by atoms with Crippen molar-refractivity contribution in [3.05, 3.63) is 66.1 Å². The number of carbonyl (C=O) groups excluding carboxylic acids is 1. The molecule has 0 aliphatic carbocycles. The quantitative estimate of drug-likeness (QED) is 0.387. The zero-order chi connectivity index (χ0) is 21.4. The molecule has 0 aliphatic rings. The second kappa shape index (κ2) is 7.65. The number of aromatic amines is 1. The molecule has 3 N–H and O–H groups in total. The van der Waals surface area contributed by atoms with Gasteiger partial charge in [-0.05, 0) is 43.3 Å². The van der Waals surface area contributed by atoms with Gasteiger partial charge in [-0.2, -0.15) is 19.6 Å². The number of hydrogen-bond donors (Lipinski definition) is 3. The summed E-state index contributed by atoms with van der Waals surface area (Å²) >= 11 is 1.28. The van der Waals surface area contributed by atoms with Gasteiger partial charge in [0.15, 0.2) is 5.82 Å². The third-order valence-corrected chi connectivity index (χ3v) is 5.48. The first-order chi connectivity index (χ1) is 15.1. The van der Waals surface area contributed by atoms with E-state index in [4.69, 9.17) is 0 Å². The molecule has 3 heterocycles. The Hall–Kier alpha value is -4.05. The van der Waals surface area contributed by atoms with Crippen LogP contribution in [0, 0.1) is 6.92 Å². The van der Waals surface area contributed by atoms with Crippen molar-refractivity contribution in [3.8, 4) is 11.4 Å². The number of hydrogen-bond acceptors (Lipinski definition) is 7. The number of amides is 1. The molecule has 10 heteroatoms. The molecule has 5 rings (SSSR count). The molecular formula is C21H18N8OS. The minimum atomic E-state index is -0.226. The number of nitrogens with zero attached hydrogens (tertiary/aromatic N) is 5. The molecule has 0 radical (unpaired) electrons. The Morgan fingerprint density at radius 3 is 2.87 bits per heavy atom. The van der Waals surface area contributed by atoms with Crippen LogP contribution < -0.4 is 10.6 Å². The molecule has 0 fully saturated rings. The van der Waals surface area contributed by atoms with Crippen LogP contribution in [0.2, 0.25) is 0 Å². The van der Waals surface area contributed by atoms with E-state index in [1.165, 1.54) is 16.2 Å². The van der Waals surface area contributed by atoms with Gasteiger partial charge in [0.2, 0.25) is 5.13 Å². The fourth-order valence-corrected chi connectivity index (χ4v) is 3.87. The summed E-state index contributed by atoms with van der Waals surface area (Å²) in [6.07, 6.45) is 1.59. The van der Waals surface area contributed by atoms with Gasteiger partial charge < -0.3 is 10.6 Å². The summed E-state index contributed by atoms with van der Waals surface area (Å²) in [7, 11) is 1.73. The topological polar surface area (TPSA) is 113 Å². The highest BCUT2D eigenvalue weighted by atomic mass is 32.1. The molecule has 0 unspecified atom stereocenters. The lowest BCUT2D eigenvalue weighted by atomic mass is 10.2. The van der Waals surface area contributed by atoms with Crippen molar-refractivity contribution >= 4 is 44.8 Å². The van der Waals surface area contributed by atoms with Gasteiger partial charge in [0.1, 0.15) is 5.69 Å². The number of H-pyrrole nitrogens is 1. The number of benzene rings is 2. The first-order valence-corrected chi connectivity index (χ1v) is 10.3. The van der Waals surface area contributed by atoms with Crippen molar-refractivity contribution < 1.29 is 4.79 Å². The number of aryl methyl sites for hydroxylation is 2. The van der Waals surface area contributed by atoms with Crippen LogP contribution in [0.25, 0.3) is 22.3 Å². The molecule has 2 aromatic carbocycles. The molecule has 9 nitrogen and oxygen atoms in total. The third-order valence-electron chi connectivity index (χ3n) is 4.85. The van der Waals surface area contributed by atoms with Gasteiger partial charge in [0, 0.05) is 52.8 Å². The van der Waals surface area contributed by atoms with Crippen LogP contribution in [0.4, 0.5) is 16.5 Å². The molecule has 1 amide bonds. The van der Waals surface area contributed by atoms with Crippen molar-refractivity contribution in [2.75, 3.05) is 10.6 Å². The summed E-state index contributed by atoms with van der Waals surface area (Å²) < 4.78 is 5.99. The van der Waals surface area contributed by atoms with E-state index in [1.807, 2.05) is 49.4 Å². The molecule has 5 aromatic rings. The number of carbonyl (C=O) groups is 1. The van der Waals surface area contributed by atoms with Gasteiger partial charge in [-0.25, -0.2) is 0 Å². The molecule has 0 aliphatic heterocycles. The summed E-state index contributed by atoms with van der Waals surface area (Å²) in [6.45, 7) is 1.99. The SMILES string of the molecule is Cc1[nH]nc2ccc(Nc3nc(-c4cccc(NC(=O)c5ccnn5C)c4)ns3)cc12. The minimum absolute atomic E-state index is 0.226. The second-order valence-corrected chi connectivity index (χ2v) is 7.76. The van der Waals surface area contributed by atoms with Crippen LogP contribution in [-0.4, -0.2) is 35.2 Å². The Morgan fingerprint density at radius 1 is 1.13 bits per heavy atom. The predicted molar refractivity (Wildman–Crippen MR) is 121 cm³/mol. The van der Waals surface area contributed by atoms with Crippen molar-refractivity contribution in [2.24, 2.45) is 7.05 Å². The minimum Gasteiger partial charge on any atom is -0.330 e. The van der Waals surface area contributed by atoms with Gasteiger partial charge in [-0.3, -0.25) is 14.6 Å². The van der Waals surface area contributed by atoms with Crippen LogP contribution in [0.3, 0.4) is 0 Å². The summed E-state index contributed by atoms with van der Waals surface area (Å²) in [5, 5.41) is 19.2. The summed E-state index contributed by atoms with van der Waals surface area (Å²) in [5.41, 5.74) is 4.81. The molecule has 0 bridgehead atoms. The number of rotatable bonds is 5. The highest BCUT2D eigenvalue weighted by Gasteiger charge is 2.12. The number of anilines is 3. The van der Waals surface area contributed by atoms with E-state index in [2.05, 4.69) is 35.3 Å². The predicted octanol–water partition coefficient (Wildman–Crippen LogP) is 4.12. The summed E-state index contributed by atoms with van der Waals surface area (Å²) in [4.78, 5) is 17.0. The Balaban J connectivity index is 1.34. The lowest BCUT2D eigenvalue weighted by molar-refractivity contribution is 0.101. The first kappa shape index (κ1) is 18.9. The van der Waals surface area contributed by atoms with Gasteiger partial charge in [-0.15, -0.1) is 0 Å². The molecule has 154 valence electrons. The average Bonchev–Trinajstić information content (AvgIpc) is 3.49. The first-order valence-electron chi connectivity index (χ1n) is 9.52. The maximum Gasteiger partial charge on any atom is 0.273 e. The van der Waals surface area contributed by atoms with Crippen molar-refractivity contribution in [3.63, 3.8) is 0 Å². The molecule has 0 saturated heterocycles. The lowest BCUT2D eigenvalue weighted by Gasteiger charge is -2.06. The molecule has 0 atom stereocenters. The highest BCUT2D eigenvalue weighted by molar-refractivity contribution is 7.09. The highest BCUT2D eigenvalue weighted by Crippen LogP contribution is 2.27. The van der Waals surface area contributed by atoms with Crippen LogP contribution in [-0.2, 0) is 7.05 Å². The number of aromatic nitrogens is 6. The molecule has 0 saturated carbocycles. The smallest absolute Gasteiger partial charge is 0.273 e. The largest absolute Gasteiger partial charge is 0.330 e. The van der Waals surface area contributed by atoms with Crippen molar-refractivity contribution in [2.45, 2.75) is 6.92 Å². The van der Waals surface area contributed by atoms with E-state index in [0.29, 0.717) is 22.3 Å². The Morgan fingerprint density at radius 2 is 2.03 bits per heavy atom. The van der Waals surface area contributed by atoms with Crippen LogP contribution in [0.15, 0.2) is 54.7 Å². The van der Waals surface area contributed by atoms with E-state index in [0.717, 1.165) is 27.8 Å². The molecule has 31 heavy (non-hydrogen) atoms. The van der Waals surface area contributed by atoms with Crippen molar-refractivity contribution in [1.29, 1.82) is 0 Å². The monoisotopic (exact) mass is 430 g/mol. The van der Waals surface area contributed by atoms with Crippen molar-refractivity contribution in [1.82, 2.24) is 29.3 Å². The average molecular weight is 430 g/mol. The Kier molecular flexibility index (Phi) is 4.68. The standard InChI is InChI=1S/C21H18N8OS/c1-12-16-11-15(6-7-17(16)27-26-12)24-21-25-19(28-31-21)13-4-3-5-14(10-13)23-20(30)18-8-9-22-29(18)2/h3-11H,1-2H3,(H,23,30)(H,26,27)(H,24,25,28). The summed E-state index contributed by atoms with van der Waals surface area (Å²) in [6, 6.07) is 15.1. The fraction of sp³-hybridized carbons (Fsp3) is 0.0952. The van der Waals surface area contributed by atoms with Gasteiger partial charge >= 0.3 is 0 Å². The zero-order valence-corrected chi connectivity index (χ0v) is 17.6. The van der Waals surface area contributed by atoms with E-state index in [9.17, 15) is 4.79 Å². The van der Waals surface area contributed by atoms with E-state index in [1.54, 1.807) is 19.3 Å². The van der Waals surface area contributed by atoms with E-state index in [-0.39, 0.29) is 5.91 Å². The maximum absolute atomic E-state index is 12.4. The number of nitrogens with one attached hydrogen (secondary N) is 3. The Bertz CT molecular complexity index is 1400. The van der Waals surface area contributed by atoms with E-state index >= 15 is 0 Å². The molecular weight excluding hydrogens is 412 g/mol.